The van der Waals surface area contributed by atoms with E-state index in [4.69, 9.17) is 0 Å². The summed E-state index contributed by atoms with van der Waals surface area (Å²) in [7, 11) is -3.51. The lowest BCUT2D eigenvalue weighted by Gasteiger charge is -2.29. The summed E-state index contributed by atoms with van der Waals surface area (Å²) in [5.41, 5.74) is 1.03. The van der Waals surface area contributed by atoms with Crippen molar-refractivity contribution >= 4 is 21.6 Å². The maximum atomic E-state index is 12.5. The van der Waals surface area contributed by atoms with Crippen LogP contribution in [-0.2, 0) is 21.4 Å². The minimum absolute atomic E-state index is 0.401. The van der Waals surface area contributed by atoms with Gasteiger partial charge < -0.3 is 5.32 Å². The smallest absolute Gasteiger partial charge is 0.243 e. The first-order valence-corrected chi connectivity index (χ1v) is 9.63. The number of hydrogen-bond acceptors (Lipinski definition) is 5. The van der Waals surface area contributed by atoms with E-state index in [0.717, 1.165) is 11.8 Å². The van der Waals surface area contributed by atoms with Gasteiger partial charge in [0, 0.05) is 5.69 Å². The second-order valence-electron chi connectivity index (χ2n) is 6.97. The topological polar surface area (TPSA) is 106 Å². The van der Waals surface area contributed by atoms with Crippen LogP contribution >= 0.6 is 0 Å². The molecule has 0 bridgehead atoms. The zero-order valence-electron chi connectivity index (χ0n) is 14.7. The van der Waals surface area contributed by atoms with Gasteiger partial charge in [-0.15, -0.1) is 0 Å². The second kappa shape index (κ2) is 7.32. The van der Waals surface area contributed by atoms with E-state index in [0.29, 0.717) is 12.2 Å². The van der Waals surface area contributed by atoms with Gasteiger partial charge in [0.15, 0.2) is 0 Å². The molecule has 136 valence electrons. The minimum Gasteiger partial charge on any atom is -0.325 e. The summed E-state index contributed by atoms with van der Waals surface area (Å²) in [5, 5.41) is 6.79. The number of amides is 1. The first kappa shape index (κ1) is 19.1. The van der Waals surface area contributed by atoms with Crippen LogP contribution in [0.5, 0.6) is 0 Å². The van der Waals surface area contributed by atoms with Crippen molar-refractivity contribution in [2.45, 2.75) is 33.4 Å². The Morgan fingerprint density at radius 2 is 1.88 bits per heavy atom. The van der Waals surface area contributed by atoms with Crippen molar-refractivity contribution in [2.75, 3.05) is 11.6 Å². The number of nitrogens with zero attached hydrogens (tertiary/aromatic N) is 3. The van der Waals surface area contributed by atoms with Crippen molar-refractivity contribution in [3.8, 4) is 0 Å². The van der Waals surface area contributed by atoms with Gasteiger partial charge in [-0.1, -0.05) is 32.9 Å². The number of hydrogen-bond donors (Lipinski definition) is 2. The fourth-order valence-corrected chi connectivity index (χ4v) is 3.14. The van der Waals surface area contributed by atoms with Gasteiger partial charge in [0.05, 0.1) is 12.8 Å². The number of carbonyl (C=O) groups excluding carboxylic acids is 1. The van der Waals surface area contributed by atoms with Gasteiger partial charge in [-0.25, -0.2) is 22.8 Å². The molecule has 0 aliphatic rings. The molecule has 0 aliphatic carbocycles. The lowest BCUT2D eigenvalue weighted by atomic mass is 9.87. The summed E-state index contributed by atoms with van der Waals surface area (Å²) in [6, 6.07) is 6.40. The molecule has 0 spiro atoms. The van der Waals surface area contributed by atoms with Crippen LogP contribution in [0.2, 0.25) is 0 Å². The SMILES string of the molecule is CC(C)(C)[C@@H](NS(C)(=O)=O)C(=O)Nc1ccc(Cn2cncn2)cc1. The highest BCUT2D eigenvalue weighted by Crippen LogP contribution is 2.22. The van der Waals surface area contributed by atoms with Crippen LogP contribution in [0.25, 0.3) is 0 Å². The molecule has 1 heterocycles. The number of anilines is 1. The van der Waals surface area contributed by atoms with Crippen molar-refractivity contribution < 1.29 is 13.2 Å². The second-order valence-corrected chi connectivity index (χ2v) is 8.75. The van der Waals surface area contributed by atoms with E-state index < -0.39 is 27.4 Å². The average molecular weight is 365 g/mol. The molecule has 8 nitrogen and oxygen atoms in total. The maximum Gasteiger partial charge on any atom is 0.243 e. The first-order chi connectivity index (χ1) is 11.5. The fourth-order valence-electron chi connectivity index (χ4n) is 2.25. The van der Waals surface area contributed by atoms with Gasteiger partial charge in [-0.2, -0.15) is 5.10 Å². The van der Waals surface area contributed by atoms with Gasteiger partial charge in [-0.3, -0.25) is 4.79 Å². The number of carbonyl (C=O) groups is 1. The monoisotopic (exact) mass is 365 g/mol. The molecule has 0 saturated carbocycles. The van der Waals surface area contributed by atoms with Gasteiger partial charge >= 0.3 is 0 Å². The van der Waals surface area contributed by atoms with Crippen LogP contribution in [0.15, 0.2) is 36.9 Å². The van der Waals surface area contributed by atoms with Crippen LogP contribution in [-0.4, -0.2) is 41.4 Å². The predicted octanol–water partition coefficient (Wildman–Crippen LogP) is 1.23. The fraction of sp³-hybridized carbons (Fsp3) is 0.438. The van der Waals surface area contributed by atoms with E-state index in [9.17, 15) is 13.2 Å². The molecular weight excluding hydrogens is 342 g/mol. The predicted molar refractivity (Wildman–Crippen MR) is 95.4 cm³/mol. The number of sulfonamides is 1. The van der Waals surface area contributed by atoms with E-state index in [1.807, 2.05) is 12.1 Å². The van der Waals surface area contributed by atoms with Crippen LogP contribution < -0.4 is 10.0 Å². The standard InChI is InChI=1S/C16H23N5O3S/c1-16(2,3)14(20-25(4,23)24)15(22)19-13-7-5-12(6-8-13)9-21-11-17-10-18-21/h5-8,10-11,14,20H,9H2,1-4H3,(H,19,22)/t14-/m0/s1. The molecule has 1 aromatic carbocycles. The van der Waals surface area contributed by atoms with E-state index in [1.54, 1.807) is 43.9 Å². The molecule has 2 aromatic rings. The molecule has 0 aliphatic heterocycles. The molecule has 0 radical (unpaired) electrons. The highest BCUT2D eigenvalue weighted by atomic mass is 32.2. The molecule has 2 rings (SSSR count). The highest BCUT2D eigenvalue weighted by Gasteiger charge is 2.33. The first-order valence-electron chi connectivity index (χ1n) is 7.74. The molecule has 0 unspecified atom stereocenters. The van der Waals surface area contributed by atoms with Gasteiger partial charge in [0.2, 0.25) is 15.9 Å². The molecule has 1 aromatic heterocycles. The molecule has 1 atom stereocenters. The Morgan fingerprint density at radius 1 is 1.24 bits per heavy atom. The van der Waals surface area contributed by atoms with E-state index in [2.05, 4.69) is 20.1 Å². The van der Waals surface area contributed by atoms with Crippen molar-refractivity contribution in [2.24, 2.45) is 5.41 Å². The number of benzene rings is 1. The largest absolute Gasteiger partial charge is 0.325 e. The molecule has 0 saturated heterocycles. The molecule has 1 amide bonds. The van der Waals surface area contributed by atoms with Gasteiger partial charge in [-0.05, 0) is 23.1 Å². The van der Waals surface area contributed by atoms with Crippen LogP contribution in [0.4, 0.5) is 5.69 Å². The molecule has 9 heteroatoms. The Balaban J connectivity index is 2.07. The van der Waals surface area contributed by atoms with Crippen LogP contribution in [0.1, 0.15) is 26.3 Å². The summed E-state index contributed by atoms with van der Waals surface area (Å²) >= 11 is 0. The Hall–Kier alpha value is -2.26. The van der Waals surface area contributed by atoms with Crippen molar-refractivity contribution in [1.29, 1.82) is 0 Å². The summed E-state index contributed by atoms with van der Waals surface area (Å²) in [6.45, 7) is 5.98. The summed E-state index contributed by atoms with van der Waals surface area (Å²) in [6.07, 6.45) is 4.13. The highest BCUT2D eigenvalue weighted by molar-refractivity contribution is 7.88. The normalized spacial score (nSPS) is 13.4. The Bertz CT molecular complexity index is 808. The van der Waals surface area contributed by atoms with Crippen LogP contribution in [0, 0.1) is 5.41 Å². The van der Waals surface area contributed by atoms with Gasteiger partial charge in [0.25, 0.3) is 0 Å². The third kappa shape index (κ3) is 5.95. The zero-order chi connectivity index (χ0) is 18.7. The number of nitrogens with one attached hydrogen (secondary N) is 2. The number of aromatic nitrogens is 3. The summed E-state index contributed by atoms with van der Waals surface area (Å²) in [5.74, 6) is -0.401. The van der Waals surface area contributed by atoms with Gasteiger partial charge in [0.1, 0.15) is 18.7 Å². The van der Waals surface area contributed by atoms with Crippen molar-refractivity contribution in [3.05, 3.63) is 42.5 Å². The summed E-state index contributed by atoms with van der Waals surface area (Å²) in [4.78, 5) is 16.4. The molecular formula is C16H23N5O3S. The third-order valence-corrected chi connectivity index (χ3v) is 4.16. The Morgan fingerprint density at radius 3 is 2.36 bits per heavy atom. The Labute approximate surface area is 147 Å². The lowest BCUT2D eigenvalue weighted by Crippen LogP contribution is -2.51. The lowest BCUT2D eigenvalue weighted by molar-refractivity contribution is -0.119. The molecule has 25 heavy (non-hydrogen) atoms. The number of rotatable bonds is 6. The van der Waals surface area contributed by atoms with Crippen molar-refractivity contribution in [1.82, 2.24) is 19.5 Å². The van der Waals surface area contributed by atoms with Crippen LogP contribution in [0.3, 0.4) is 0 Å². The molecule has 2 N–H and O–H groups in total. The van der Waals surface area contributed by atoms with E-state index >= 15 is 0 Å². The average Bonchev–Trinajstić information content (AvgIpc) is 2.98. The molecule has 0 fully saturated rings. The Kier molecular flexibility index (Phi) is 5.58. The van der Waals surface area contributed by atoms with E-state index in [-0.39, 0.29) is 0 Å². The third-order valence-electron chi connectivity index (χ3n) is 3.49. The maximum absolute atomic E-state index is 12.5. The van der Waals surface area contributed by atoms with E-state index in [1.165, 1.54) is 6.33 Å². The summed E-state index contributed by atoms with van der Waals surface area (Å²) < 4.78 is 27.2. The quantitative estimate of drug-likeness (QED) is 0.801. The zero-order valence-corrected chi connectivity index (χ0v) is 15.5. The minimum atomic E-state index is -3.51. The van der Waals surface area contributed by atoms with Crippen molar-refractivity contribution in [3.63, 3.8) is 0 Å².